The second-order valence-electron chi connectivity index (χ2n) is 4.28. The van der Waals surface area contributed by atoms with Gasteiger partial charge >= 0.3 is 0 Å². The summed E-state index contributed by atoms with van der Waals surface area (Å²) in [6.07, 6.45) is 3.57. The minimum atomic E-state index is -0.875. The average molecular weight is 256 g/mol. The molecule has 0 saturated carbocycles. The molecular formula is C14H16N4O. The zero-order valence-corrected chi connectivity index (χ0v) is 10.4. The van der Waals surface area contributed by atoms with Crippen molar-refractivity contribution in [1.82, 2.24) is 9.97 Å². The molecule has 0 aliphatic carbocycles. The van der Waals surface area contributed by atoms with E-state index >= 15 is 0 Å². The van der Waals surface area contributed by atoms with Crippen molar-refractivity contribution in [2.24, 2.45) is 11.5 Å². The monoisotopic (exact) mass is 256 g/mol. The Morgan fingerprint density at radius 2 is 1.68 bits per heavy atom. The average Bonchev–Trinajstić information content (AvgIpc) is 2.47. The summed E-state index contributed by atoms with van der Waals surface area (Å²) < 4.78 is 0. The van der Waals surface area contributed by atoms with Crippen LogP contribution in [0.25, 0.3) is 0 Å². The van der Waals surface area contributed by atoms with Crippen molar-refractivity contribution >= 4 is 5.78 Å². The molecule has 0 spiro atoms. The highest BCUT2D eigenvalue weighted by atomic mass is 16.1. The standard InChI is InChI=1S/C14H16N4O/c15-11(9-10-5-2-1-3-6-10)13(19)12(16)14-17-7-4-8-18-14/h1-8,11-12H,9,15-16H2. The summed E-state index contributed by atoms with van der Waals surface area (Å²) in [4.78, 5) is 20.1. The van der Waals surface area contributed by atoms with Crippen LogP contribution < -0.4 is 11.5 Å². The number of nitrogens with zero attached hydrogens (tertiary/aromatic N) is 2. The van der Waals surface area contributed by atoms with Crippen LogP contribution in [0.15, 0.2) is 48.8 Å². The molecule has 98 valence electrons. The first-order valence-corrected chi connectivity index (χ1v) is 6.04. The summed E-state index contributed by atoms with van der Waals surface area (Å²) in [5.74, 6) is 0.0473. The molecule has 2 unspecified atom stereocenters. The molecule has 4 N–H and O–H groups in total. The van der Waals surface area contributed by atoms with Crippen LogP contribution in [0.1, 0.15) is 17.4 Å². The van der Waals surface area contributed by atoms with Crippen LogP contribution in [0.3, 0.4) is 0 Å². The second-order valence-corrected chi connectivity index (χ2v) is 4.28. The van der Waals surface area contributed by atoms with Crippen molar-refractivity contribution in [3.05, 3.63) is 60.2 Å². The van der Waals surface area contributed by atoms with Crippen LogP contribution in [0, 0.1) is 0 Å². The number of aromatic nitrogens is 2. The maximum atomic E-state index is 12.1. The van der Waals surface area contributed by atoms with Crippen LogP contribution >= 0.6 is 0 Å². The van der Waals surface area contributed by atoms with E-state index in [1.165, 1.54) is 0 Å². The highest BCUT2D eigenvalue weighted by molar-refractivity contribution is 5.89. The Balaban J connectivity index is 2.03. The molecule has 2 rings (SSSR count). The molecule has 5 heteroatoms. The number of hydrogen-bond donors (Lipinski definition) is 2. The van der Waals surface area contributed by atoms with E-state index in [-0.39, 0.29) is 5.78 Å². The first kappa shape index (κ1) is 13.3. The van der Waals surface area contributed by atoms with Crippen LogP contribution in [0.4, 0.5) is 0 Å². The summed E-state index contributed by atoms with van der Waals surface area (Å²) in [7, 11) is 0. The fourth-order valence-corrected chi connectivity index (χ4v) is 1.80. The minimum absolute atomic E-state index is 0.255. The summed E-state index contributed by atoms with van der Waals surface area (Å²) in [6.45, 7) is 0. The number of hydrogen-bond acceptors (Lipinski definition) is 5. The van der Waals surface area contributed by atoms with Gasteiger partial charge in [-0.3, -0.25) is 4.79 Å². The first-order chi connectivity index (χ1) is 9.18. The normalized spacial score (nSPS) is 13.8. The first-order valence-electron chi connectivity index (χ1n) is 6.04. The Kier molecular flexibility index (Phi) is 4.33. The zero-order valence-electron chi connectivity index (χ0n) is 10.4. The Morgan fingerprint density at radius 1 is 1.05 bits per heavy atom. The molecule has 0 amide bonds. The Hall–Kier alpha value is -2.11. The van der Waals surface area contributed by atoms with Gasteiger partial charge in [-0.2, -0.15) is 0 Å². The van der Waals surface area contributed by atoms with Gasteiger partial charge in [-0.15, -0.1) is 0 Å². The van der Waals surface area contributed by atoms with Crippen molar-refractivity contribution in [2.75, 3.05) is 0 Å². The number of benzene rings is 1. The molecule has 0 aliphatic heterocycles. The third-order valence-electron chi connectivity index (χ3n) is 2.83. The third-order valence-corrected chi connectivity index (χ3v) is 2.83. The van der Waals surface area contributed by atoms with Crippen molar-refractivity contribution < 1.29 is 4.79 Å². The quantitative estimate of drug-likeness (QED) is 0.817. The van der Waals surface area contributed by atoms with Crippen LogP contribution in [0.5, 0.6) is 0 Å². The number of Topliss-reactive ketones (excluding diaryl/α,β-unsaturated/α-hetero) is 1. The van der Waals surface area contributed by atoms with E-state index in [0.717, 1.165) is 5.56 Å². The molecule has 19 heavy (non-hydrogen) atoms. The maximum absolute atomic E-state index is 12.1. The highest BCUT2D eigenvalue weighted by Gasteiger charge is 2.24. The van der Waals surface area contributed by atoms with E-state index in [0.29, 0.717) is 12.2 Å². The van der Waals surface area contributed by atoms with Gasteiger partial charge in [0.2, 0.25) is 0 Å². The van der Waals surface area contributed by atoms with Gasteiger partial charge in [-0.05, 0) is 18.1 Å². The van der Waals surface area contributed by atoms with Gasteiger partial charge in [-0.1, -0.05) is 30.3 Å². The van der Waals surface area contributed by atoms with Gasteiger partial charge in [0.25, 0.3) is 0 Å². The van der Waals surface area contributed by atoms with Crippen LogP contribution in [-0.2, 0) is 11.2 Å². The fourth-order valence-electron chi connectivity index (χ4n) is 1.80. The molecule has 0 bridgehead atoms. The number of carbonyl (C=O) groups is 1. The van der Waals surface area contributed by atoms with Gasteiger partial charge in [-0.25, -0.2) is 9.97 Å². The Bertz CT molecular complexity index is 530. The van der Waals surface area contributed by atoms with Gasteiger partial charge in [0.1, 0.15) is 6.04 Å². The lowest BCUT2D eigenvalue weighted by molar-refractivity contribution is -0.121. The van der Waals surface area contributed by atoms with E-state index < -0.39 is 12.1 Å². The molecule has 1 heterocycles. The lowest BCUT2D eigenvalue weighted by Crippen LogP contribution is -2.40. The molecule has 0 fully saturated rings. The fraction of sp³-hybridized carbons (Fsp3) is 0.214. The van der Waals surface area contributed by atoms with Gasteiger partial charge in [0, 0.05) is 12.4 Å². The molecule has 1 aromatic carbocycles. The second kappa shape index (κ2) is 6.17. The number of nitrogens with two attached hydrogens (primary N) is 2. The van der Waals surface area contributed by atoms with Crippen molar-refractivity contribution in [1.29, 1.82) is 0 Å². The number of rotatable bonds is 5. The van der Waals surface area contributed by atoms with Gasteiger partial charge in [0.05, 0.1) is 6.04 Å². The molecule has 0 saturated heterocycles. The van der Waals surface area contributed by atoms with E-state index in [2.05, 4.69) is 9.97 Å². The van der Waals surface area contributed by atoms with E-state index in [4.69, 9.17) is 11.5 Å². The molecule has 0 radical (unpaired) electrons. The molecular weight excluding hydrogens is 240 g/mol. The van der Waals surface area contributed by atoms with Crippen LogP contribution in [0.2, 0.25) is 0 Å². The maximum Gasteiger partial charge on any atom is 0.174 e. The SMILES string of the molecule is NC(Cc1ccccc1)C(=O)C(N)c1ncccn1. The van der Waals surface area contributed by atoms with Crippen molar-refractivity contribution in [3.8, 4) is 0 Å². The summed E-state index contributed by atoms with van der Waals surface area (Å²) in [5.41, 5.74) is 12.7. The lowest BCUT2D eigenvalue weighted by Gasteiger charge is -2.15. The summed E-state index contributed by atoms with van der Waals surface area (Å²) in [5, 5.41) is 0. The highest BCUT2D eigenvalue weighted by Crippen LogP contribution is 2.09. The molecule has 2 atom stereocenters. The van der Waals surface area contributed by atoms with E-state index in [1.54, 1.807) is 18.5 Å². The molecule has 5 nitrogen and oxygen atoms in total. The third kappa shape index (κ3) is 3.43. The van der Waals surface area contributed by atoms with Crippen molar-refractivity contribution in [3.63, 3.8) is 0 Å². The Morgan fingerprint density at radius 3 is 2.32 bits per heavy atom. The summed E-state index contributed by atoms with van der Waals surface area (Å²) in [6, 6.07) is 9.74. The Labute approximate surface area is 111 Å². The zero-order chi connectivity index (χ0) is 13.7. The van der Waals surface area contributed by atoms with Crippen LogP contribution in [-0.4, -0.2) is 21.8 Å². The number of carbonyl (C=O) groups excluding carboxylic acids is 1. The lowest BCUT2D eigenvalue weighted by atomic mass is 9.99. The van der Waals surface area contributed by atoms with Gasteiger partial charge in [0.15, 0.2) is 11.6 Å². The molecule has 0 aliphatic rings. The molecule has 2 aromatic rings. The topological polar surface area (TPSA) is 94.9 Å². The smallest absolute Gasteiger partial charge is 0.174 e. The predicted molar refractivity (Wildman–Crippen MR) is 72.1 cm³/mol. The van der Waals surface area contributed by atoms with E-state index in [1.807, 2.05) is 30.3 Å². The van der Waals surface area contributed by atoms with E-state index in [9.17, 15) is 4.79 Å². The summed E-state index contributed by atoms with van der Waals surface area (Å²) >= 11 is 0. The predicted octanol–water partition coefficient (Wildman–Crippen LogP) is 0.615. The largest absolute Gasteiger partial charge is 0.321 e. The number of ketones is 1. The van der Waals surface area contributed by atoms with Gasteiger partial charge < -0.3 is 11.5 Å². The van der Waals surface area contributed by atoms with Crippen molar-refractivity contribution in [2.45, 2.75) is 18.5 Å². The molecule has 1 aromatic heterocycles. The minimum Gasteiger partial charge on any atom is -0.321 e.